The van der Waals surface area contributed by atoms with E-state index in [0.717, 1.165) is 12.0 Å². The number of hydrogen-bond acceptors (Lipinski definition) is 6. The molecule has 1 amide bonds. The molecule has 1 unspecified atom stereocenters. The summed E-state index contributed by atoms with van der Waals surface area (Å²) in [4.78, 5) is 42.2. The molecule has 0 radical (unpaired) electrons. The van der Waals surface area contributed by atoms with E-state index in [-0.39, 0.29) is 18.3 Å². The van der Waals surface area contributed by atoms with Crippen molar-refractivity contribution < 1.29 is 14.4 Å². The van der Waals surface area contributed by atoms with Gasteiger partial charge >= 0.3 is 0 Å². The second kappa shape index (κ2) is 12.0. The lowest BCUT2D eigenvalue weighted by Gasteiger charge is -2.22. The minimum Gasteiger partial charge on any atom is -0.370 e. The van der Waals surface area contributed by atoms with Gasteiger partial charge in [0.2, 0.25) is 17.5 Å². The number of nitrogens with one attached hydrogen (secondary N) is 3. The van der Waals surface area contributed by atoms with Gasteiger partial charge in [-0.15, -0.1) is 0 Å². The number of ketones is 2. The zero-order valence-corrected chi connectivity index (χ0v) is 17.4. The Balaban J connectivity index is 2.05. The molecule has 0 aliphatic carbocycles. The molecule has 1 aliphatic heterocycles. The van der Waals surface area contributed by atoms with Crippen LogP contribution >= 0.6 is 0 Å². The fourth-order valence-corrected chi connectivity index (χ4v) is 3.47. The number of likely N-dealkylation sites (N-methyl/N-ethyl adjacent to an activating group) is 1. The predicted octanol–water partition coefficient (Wildman–Crippen LogP) is -0.754. The first kappa shape index (κ1) is 23.5. The monoisotopic (exact) mass is 416 g/mol. The molecule has 9 heteroatoms. The van der Waals surface area contributed by atoms with Crippen LogP contribution in [0.1, 0.15) is 31.2 Å². The zero-order valence-electron chi connectivity index (χ0n) is 17.4. The second-order valence-electron chi connectivity index (χ2n) is 7.42. The van der Waals surface area contributed by atoms with Gasteiger partial charge in [-0.25, -0.2) is 0 Å². The Morgan fingerprint density at radius 1 is 1.20 bits per heavy atom. The minimum atomic E-state index is -0.909. The first-order valence-corrected chi connectivity index (χ1v) is 10.3. The highest BCUT2D eigenvalue weighted by Gasteiger charge is 2.34. The van der Waals surface area contributed by atoms with Gasteiger partial charge in [0.1, 0.15) is 0 Å². The van der Waals surface area contributed by atoms with E-state index in [1.165, 1.54) is 0 Å². The number of carbonyl (C=O) groups excluding carboxylic acids is 3. The standard InChI is InChI=1S/C21H32N6O3/c1-24-17(13-14-7-3-2-4-8-14)20(30)27-16(10-6-12-26-21(22)23)19(29)18(28)15-9-5-11-25-15/h2-4,7-8,15-17,24-25H,5-6,9-13H2,1H3,(H,27,30)(H4,22,23,26)/t15-,16?,17+/m0/s1. The molecule has 1 aromatic rings. The summed E-state index contributed by atoms with van der Waals surface area (Å²) in [5.74, 6) is -1.43. The molecule has 1 fully saturated rings. The molecule has 7 N–H and O–H groups in total. The van der Waals surface area contributed by atoms with E-state index >= 15 is 0 Å². The third-order valence-electron chi connectivity index (χ3n) is 5.15. The van der Waals surface area contributed by atoms with E-state index in [1.54, 1.807) is 7.05 Å². The summed E-state index contributed by atoms with van der Waals surface area (Å²) in [7, 11) is 1.69. The number of aliphatic imine (C=N–C) groups is 1. The Morgan fingerprint density at radius 2 is 1.93 bits per heavy atom. The Labute approximate surface area is 177 Å². The van der Waals surface area contributed by atoms with Crippen molar-refractivity contribution in [3.63, 3.8) is 0 Å². The lowest BCUT2D eigenvalue weighted by molar-refractivity contribution is -0.140. The largest absolute Gasteiger partial charge is 0.370 e. The Morgan fingerprint density at radius 3 is 2.53 bits per heavy atom. The minimum absolute atomic E-state index is 0.0359. The normalized spacial score (nSPS) is 17.7. The first-order chi connectivity index (χ1) is 14.4. The van der Waals surface area contributed by atoms with Crippen molar-refractivity contribution in [3.05, 3.63) is 35.9 Å². The van der Waals surface area contributed by atoms with Crippen LogP contribution in [0.5, 0.6) is 0 Å². The van der Waals surface area contributed by atoms with E-state index in [2.05, 4.69) is 20.9 Å². The Hall–Kier alpha value is -2.78. The third-order valence-corrected chi connectivity index (χ3v) is 5.15. The molecule has 164 valence electrons. The number of hydrogen-bond donors (Lipinski definition) is 5. The summed E-state index contributed by atoms with van der Waals surface area (Å²) >= 11 is 0. The molecule has 1 aromatic carbocycles. The summed E-state index contributed by atoms with van der Waals surface area (Å²) in [5, 5.41) is 8.80. The number of carbonyl (C=O) groups is 3. The van der Waals surface area contributed by atoms with Crippen molar-refractivity contribution in [2.24, 2.45) is 16.5 Å². The average Bonchev–Trinajstić information content (AvgIpc) is 3.28. The fraction of sp³-hybridized carbons (Fsp3) is 0.524. The van der Waals surface area contributed by atoms with Gasteiger partial charge in [-0.05, 0) is 51.3 Å². The van der Waals surface area contributed by atoms with E-state index in [4.69, 9.17) is 11.5 Å². The summed E-state index contributed by atoms with van der Waals surface area (Å²) in [6.45, 7) is 1.03. The first-order valence-electron chi connectivity index (χ1n) is 10.3. The number of rotatable bonds is 12. The summed E-state index contributed by atoms with van der Waals surface area (Å²) in [5.41, 5.74) is 11.7. The van der Waals surface area contributed by atoms with E-state index in [1.807, 2.05) is 30.3 Å². The number of nitrogens with zero attached hydrogens (tertiary/aromatic N) is 1. The van der Waals surface area contributed by atoms with Crippen LogP contribution < -0.4 is 27.4 Å². The number of Topliss-reactive ketones (excluding diaryl/α,β-unsaturated/α-hetero) is 2. The quantitative estimate of drug-likeness (QED) is 0.130. The van der Waals surface area contributed by atoms with Crippen LogP contribution in [0.2, 0.25) is 0 Å². The summed E-state index contributed by atoms with van der Waals surface area (Å²) < 4.78 is 0. The smallest absolute Gasteiger partial charge is 0.238 e. The summed E-state index contributed by atoms with van der Waals surface area (Å²) in [6.07, 6.45) is 2.69. The van der Waals surface area contributed by atoms with Gasteiger partial charge in [0.15, 0.2) is 5.96 Å². The SMILES string of the molecule is CN[C@H](Cc1ccccc1)C(=O)NC(CCCN=C(N)N)C(=O)C(=O)[C@@H]1CCCN1. The van der Waals surface area contributed by atoms with Crippen LogP contribution in [0.3, 0.4) is 0 Å². The topological polar surface area (TPSA) is 152 Å². The summed E-state index contributed by atoms with van der Waals surface area (Å²) in [6, 6.07) is 7.68. The molecule has 9 nitrogen and oxygen atoms in total. The molecule has 1 heterocycles. The molecule has 0 spiro atoms. The number of benzene rings is 1. The van der Waals surface area contributed by atoms with E-state index < -0.39 is 29.7 Å². The van der Waals surface area contributed by atoms with Crippen LogP contribution in [0.4, 0.5) is 0 Å². The molecule has 0 bridgehead atoms. The lowest BCUT2D eigenvalue weighted by atomic mass is 9.97. The molecular formula is C21H32N6O3. The zero-order chi connectivity index (χ0) is 21.9. The fourth-order valence-electron chi connectivity index (χ4n) is 3.47. The molecule has 0 saturated carbocycles. The highest BCUT2D eigenvalue weighted by atomic mass is 16.2. The highest BCUT2D eigenvalue weighted by Crippen LogP contribution is 2.11. The number of amides is 1. The molecule has 3 atom stereocenters. The van der Waals surface area contributed by atoms with E-state index in [0.29, 0.717) is 32.4 Å². The second-order valence-corrected chi connectivity index (χ2v) is 7.42. The van der Waals surface area contributed by atoms with E-state index in [9.17, 15) is 14.4 Å². The average molecular weight is 417 g/mol. The number of nitrogens with two attached hydrogens (primary N) is 2. The van der Waals surface area contributed by atoms with Gasteiger partial charge in [0, 0.05) is 6.54 Å². The van der Waals surface area contributed by atoms with Gasteiger partial charge < -0.3 is 27.4 Å². The number of guanidine groups is 1. The maximum absolute atomic E-state index is 12.9. The lowest BCUT2D eigenvalue weighted by Crippen LogP contribution is -2.53. The van der Waals surface area contributed by atoms with Crippen LogP contribution in [-0.2, 0) is 20.8 Å². The van der Waals surface area contributed by atoms with Gasteiger partial charge in [-0.2, -0.15) is 0 Å². The molecule has 0 aromatic heterocycles. The maximum Gasteiger partial charge on any atom is 0.238 e. The molecule has 1 saturated heterocycles. The predicted molar refractivity (Wildman–Crippen MR) is 116 cm³/mol. The molecular weight excluding hydrogens is 384 g/mol. The van der Waals surface area contributed by atoms with Crippen molar-refractivity contribution in [3.8, 4) is 0 Å². The Kier molecular flexibility index (Phi) is 9.43. The van der Waals surface area contributed by atoms with Gasteiger partial charge in [-0.1, -0.05) is 30.3 Å². The van der Waals surface area contributed by atoms with Gasteiger partial charge in [0.25, 0.3) is 0 Å². The van der Waals surface area contributed by atoms with Crippen molar-refractivity contribution in [1.29, 1.82) is 0 Å². The third kappa shape index (κ3) is 7.23. The van der Waals surface area contributed by atoms with Crippen molar-refractivity contribution in [2.75, 3.05) is 20.1 Å². The van der Waals surface area contributed by atoms with Crippen molar-refractivity contribution in [1.82, 2.24) is 16.0 Å². The van der Waals surface area contributed by atoms with Crippen LogP contribution in [0.15, 0.2) is 35.3 Å². The Bertz CT molecular complexity index is 742. The van der Waals surface area contributed by atoms with Gasteiger partial charge in [-0.3, -0.25) is 19.4 Å². The van der Waals surface area contributed by atoms with Gasteiger partial charge in [0.05, 0.1) is 18.1 Å². The van der Waals surface area contributed by atoms with Crippen LogP contribution in [0.25, 0.3) is 0 Å². The maximum atomic E-state index is 12.9. The molecule has 30 heavy (non-hydrogen) atoms. The molecule has 1 aliphatic rings. The molecule has 2 rings (SSSR count). The highest BCUT2D eigenvalue weighted by molar-refractivity contribution is 6.41. The van der Waals surface area contributed by atoms with Crippen LogP contribution in [0, 0.1) is 0 Å². The van der Waals surface area contributed by atoms with Crippen LogP contribution in [-0.4, -0.2) is 61.7 Å². The van der Waals surface area contributed by atoms with Crippen molar-refractivity contribution >= 4 is 23.4 Å². The van der Waals surface area contributed by atoms with Crippen molar-refractivity contribution in [2.45, 2.75) is 50.2 Å².